The van der Waals surface area contributed by atoms with E-state index < -0.39 is 24.8 Å². The van der Waals surface area contributed by atoms with Gasteiger partial charge < -0.3 is 24.4 Å². The number of para-hydroxylation sites is 1. The van der Waals surface area contributed by atoms with Crippen molar-refractivity contribution in [2.75, 3.05) is 33.2 Å². The molecule has 1 atom stereocenters. The van der Waals surface area contributed by atoms with Crippen LogP contribution < -0.4 is 19.5 Å². The van der Waals surface area contributed by atoms with Crippen molar-refractivity contribution in [3.63, 3.8) is 0 Å². The Hall–Kier alpha value is -3.10. The van der Waals surface area contributed by atoms with Gasteiger partial charge in [-0.3, -0.25) is 4.79 Å². The van der Waals surface area contributed by atoms with E-state index in [-0.39, 0.29) is 11.3 Å². The van der Waals surface area contributed by atoms with Crippen LogP contribution in [0.4, 0.5) is 18.9 Å². The number of methoxy groups -OCH3 is 3. The SMILES string of the molecule is COc1cc(OC)c(C2Nc3ccccc3C(=O)N2CC(F)(F)F)cc1OC. The Kier molecular flexibility index (Phi) is 5.26. The van der Waals surface area contributed by atoms with Gasteiger partial charge >= 0.3 is 6.18 Å². The molecule has 0 spiro atoms. The number of hydrogen-bond acceptors (Lipinski definition) is 5. The second-order valence-electron chi connectivity index (χ2n) is 6.09. The van der Waals surface area contributed by atoms with Crippen LogP contribution in [0.3, 0.4) is 0 Å². The highest BCUT2D eigenvalue weighted by Crippen LogP contribution is 2.42. The summed E-state index contributed by atoms with van der Waals surface area (Å²) in [5.74, 6) is 0.189. The highest BCUT2D eigenvalue weighted by molar-refractivity contribution is 6.01. The third kappa shape index (κ3) is 3.64. The lowest BCUT2D eigenvalue weighted by molar-refractivity contribution is -0.144. The van der Waals surface area contributed by atoms with Gasteiger partial charge in [-0.15, -0.1) is 0 Å². The molecule has 6 nitrogen and oxygen atoms in total. The lowest BCUT2D eigenvalue weighted by Gasteiger charge is -2.39. The van der Waals surface area contributed by atoms with Crippen LogP contribution in [-0.4, -0.2) is 44.9 Å². The minimum atomic E-state index is -4.58. The van der Waals surface area contributed by atoms with E-state index in [1.165, 1.54) is 39.5 Å². The molecule has 1 N–H and O–H groups in total. The minimum absolute atomic E-state index is 0.169. The summed E-state index contributed by atoms with van der Waals surface area (Å²) in [6.45, 7) is -1.42. The van der Waals surface area contributed by atoms with Crippen LogP contribution in [0.25, 0.3) is 0 Å². The molecule has 0 saturated heterocycles. The lowest BCUT2D eigenvalue weighted by atomic mass is 10.0. The van der Waals surface area contributed by atoms with Crippen LogP contribution in [0.15, 0.2) is 36.4 Å². The Labute approximate surface area is 159 Å². The average molecular weight is 396 g/mol. The normalized spacial score (nSPS) is 16.3. The summed E-state index contributed by atoms with van der Waals surface area (Å²) in [4.78, 5) is 13.6. The van der Waals surface area contributed by atoms with Gasteiger partial charge in [0.25, 0.3) is 5.91 Å². The predicted molar refractivity (Wildman–Crippen MR) is 96.0 cm³/mol. The van der Waals surface area contributed by atoms with Gasteiger partial charge in [0.1, 0.15) is 18.5 Å². The first-order valence-electron chi connectivity index (χ1n) is 8.32. The van der Waals surface area contributed by atoms with Gasteiger partial charge in [0, 0.05) is 17.3 Å². The molecule has 3 rings (SSSR count). The standard InChI is InChI=1S/C19H19F3N2O4/c1-26-14-9-16(28-3)15(27-2)8-12(14)17-23-13-7-5-4-6-11(13)18(25)24(17)10-19(20,21)22/h4-9,17,23H,10H2,1-3H3. The maximum atomic E-state index is 13.2. The average Bonchev–Trinajstić information content (AvgIpc) is 2.68. The molecule has 1 heterocycles. The number of nitrogens with zero attached hydrogens (tertiary/aromatic N) is 1. The van der Waals surface area contributed by atoms with Crippen LogP contribution in [-0.2, 0) is 0 Å². The van der Waals surface area contributed by atoms with Crippen LogP contribution >= 0.6 is 0 Å². The number of alkyl halides is 3. The zero-order chi connectivity index (χ0) is 20.5. The highest BCUT2D eigenvalue weighted by Gasteiger charge is 2.41. The third-order valence-electron chi connectivity index (χ3n) is 4.40. The Bertz CT molecular complexity index is 886. The lowest BCUT2D eigenvalue weighted by Crippen LogP contribution is -2.47. The van der Waals surface area contributed by atoms with E-state index in [0.29, 0.717) is 22.7 Å². The van der Waals surface area contributed by atoms with Crippen molar-refractivity contribution in [2.24, 2.45) is 0 Å². The summed E-state index contributed by atoms with van der Waals surface area (Å²) < 4.78 is 55.5. The Morgan fingerprint density at radius 2 is 1.61 bits per heavy atom. The van der Waals surface area contributed by atoms with Gasteiger partial charge in [-0.2, -0.15) is 13.2 Å². The molecule has 1 amide bonds. The van der Waals surface area contributed by atoms with Gasteiger partial charge in [0.15, 0.2) is 11.5 Å². The second kappa shape index (κ2) is 7.49. The van der Waals surface area contributed by atoms with Crippen molar-refractivity contribution < 1.29 is 32.2 Å². The number of anilines is 1. The van der Waals surface area contributed by atoms with Crippen molar-refractivity contribution >= 4 is 11.6 Å². The number of hydrogen-bond donors (Lipinski definition) is 1. The molecule has 0 aromatic heterocycles. The van der Waals surface area contributed by atoms with Gasteiger partial charge in [0.2, 0.25) is 0 Å². The van der Waals surface area contributed by atoms with Crippen molar-refractivity contribution in [3.8, 4) is 17.2 Å². The summed E-state index contributed by atoms with van der Waals surface area (Å²) >= 11 is 0. The zero-order valence-corrected chi connectivity index (χ0v) is 15.5. The van der Waals surface area contributed by atoms with Crippen LogP contribution in [0.1, 0.15) is 22.1 Å². The Morgan fingerprint density at radius 3 is 2.21 bits per heavy atom. The Morgan fingerprint density at radius 1 is 1.00 bits per heavy atom. The molecular formula is C19H19F3N2O4. The number of halogens is 3. The molecular weight excluding hydrogens is 377 g/mol. The maximum Gasteiger partial charge on any atom is 0.406 e. The zero-order valence-electron chi connectivity index (χ0n) is 15.5. The number of rotatable bonds is 5. The largest absolute Gasteiger partial charge is 0.496 e. The number of amides is 1. The maximum absolute atomic E-state index is 13.2. The first-order chi connectivity index (χ1) is 13.3. The molecule has 2 aromatic rings. The number of nitrogens with one attached hydrogen (secondary N) is 1. The fourth-order valence-corrected chi connectivity index (χ4v) is 3.16. The molecule has 1 aliphatic rings. The molecule has 2 aromatic carbocycles. The smallest absolute Gasteiger partial charge is 0.406 e. The number of carbonyl (C=O) groups excluding carboxylic acids is 1. The first kappa shape index (κ1) is 19.7. The Balaban J connectivity index is 2.16. The van der Waals surface area contributed by atoms with E-state index >= 15 is 0 Å². The van der Waals surface area contributed by atoms with E-state index in [4.69, 9.17) is 14.2 Å². The molecule has 1 aliphatic heterocycles. The molecule has 0 aliphatic carbocycles. The molecule has 28 heavy (non-hydrogen) atoms. The fourth-order valence-electron chi connectivity index (χ4n) is 3.16. The van der Waals surface area contributed by atoms with E-state index in [0.717, 1.165) is 4.90 Å². The molecule has 0 fully saturated rings. The predicted octanol–water partition coefficient (Wildman–Crippen LogP) is 3.84. The van der Waals surface area contributed by atoms with E-state index in [2.05, 4.69) is 5.32 Å². The van der Waals surface area contributed by atoms with Gasteiger partial charge in [-0.05, 0) is 18.2 Å². The summed E-state index contributed by atoms with van der Waals surface area (Å²) in [5, 5.41) is 3.01. The summed E-state index contributed by atoms with van der Waals surface area (Å²) in [6, 6.07) is 9.42. The highest BCUT2D eigenvalue weighted by atomic mass is 19.4. The molecule has 1 unspecified atom stereocenters. The summed E-state index contributed by atoms with van der Waals surface area (Å²) in [7, 11) is 4.24. The molecule has 0 radical (unpaired) electrons. The number of carbonyl (C=O) groups is 1. The van der Waals surface area contributed by atoms with E-state index in [1.807, 2.05) is 0 Å². The van der Waals surface area contributed by atoms with Crippen molar-refractivity contribution in [1.82, 2.24) is 4.90 Å². The molecule has 9 heteroatoms. The topological polar surface area (TPSA) is 60.0 Å². The molecule has 0 bridgehead atoms. The van der Waals surface area contributed by atoms with Crippen LogP contribution in [0, 0.1) is 0 Å². The van der Waals surface area contributed by atoms with Crippen LogP contribution in [0.2, 0.25) is 0 Å². The molecule has 0 saturated carbocycles. The van der Waals surface area contributed by atoms with Gasteiger partial charge in [0.05, 0.1) is 26.9 Å². The number of benzene rings is 2. The van der Waals surface area contributed by atoms with Gasteiger partial charge in [-0.1, -0.05) is 12.1 Å². The van der Waals surface area contributed by atoms with Crippen LogP contribution in [0.5, 0.6) is 17.2 Å². The van der Waals surface area contributed by atoms with Gasteiger partial charge in [-0.25, -0.2) is 0 Å². The fraction of sp³-hybridized carbons (Fsp3) is 0.316. The number of ether oxygens (including phenoxy) is 3. The second-order valence-corrected chi connectivity index (χ2v) is 6.09. The monoisotopic (exact) mass is 396 g/mol. The van der Waals surface area contributed by atoms with Crippen molar-refractivity contribution in [1.29, 1.82) is 0 Å². The van der Waals surface area contributed by atoms with Crippen molar-refractivity contribution in [3.05, 3.63) is 47.5 Å². The quantitative estimate of drug-likeness (QED) is 0.832. The van der Waals surface area contributed by atoms with E-state index in [1.54, 1.807) is 18.2 Å². The molecule has 150 valence electrons. The summed E-state index contributed by atoms with van der Waals surface area (Å²) in [5.41, 5.74) is 0.919. The van der Waals surface area contributed by atoms with E-state index in [9.17, 15) is 18.0 Å². The number of fused-ring (bicyclic) bond motifs is 1. The first-order valence-corrected chi connectivity index (χ1v) is 8.32. The minimum Gasteiger partial charge on any atom is -0.496 e. The van der Waals surface area contributed by atoms with Crippen molar-refractivity contribution in [2.45, 2.75) is 12.3 Å². The summed E-state index contributed by atoms with van der Waals surface area (Å²) in [6.07, 6.45) is -5.69. The third-order valence-corrected chi connectivity index (χ3v) is 4.40.